The van der Waals surface area contributed by atoms with Crippen LogP contribution in [0.25, 0.3) is 12.2 Å². The second kappa shape index (κ2) is 9.83. The molecule has 0 aromatic heterocycles. The topological polar surface area (TPSA) is 0 Å². The van der Waals surface area contributed by atoms with E-state index < -0.39 is 20.8 Å². The van der Waals surface area contributed by atoms with E-state index in [2.05, 4.69) is 93.5 Å². The predicted molar refractivity (Wildman–Crippen MR) is 142 cm³/mol. The zero-order valence-corrected chi connectivity index (χ0v) is 23.7. The number of allylic oxidation sites excluding steroid dienone is 2. The Morgan fingerprint density at radius 3 is 2.33 bits per heavy atom. The summed E-state index contributed by atoms with van der Waals surface area (Å²) in [4.78, 5) is 0. The molecule has 0 heterocycles. The molecule has 0 aliphatic heterocycles. The first-order chi connectivity index (χ1) is 16.0. The summed E-state index contributed by atoms with van der Waals surface area (Å²) in [5.74, 6) is 5.27. The molecule has 2 saturated carbocycles. The van der Waals surface area contributed by atoms with E-state index in [1.54, 1.807) is 17.0 Å². The Hall–Kier alpha value is -0.552. The van der Waals surface area contributed by atoms with E-state index in [1.165, 1.54) is 30.4 Å². The van der Waals surface area contributed by atoms with Crippen molar-refractivity contribution in [3.63, 3.8) is 0 Å². The molecule has 4 aliphatic carbocycles. The van der Waals surface area contributed by atoms with Gasteiger partial charge >= 0.3 is 37.9 Å². The number of benzene rings is 2. The third-order valence-corrected chi connectivity index (χ3v) is 9.39. The van der Waals surface area contributed by atoms with Crippen molar-refractivity contribution >= 4 is 35.9 Å². The number of hydrogen-bond acceptors (Lipinski definition) is 0. The molecule has 4 aliphatic rings. The Bertz CT molecular complexity index is 1060. The van der Waals surface area contributed by atoms with Gasteiger partial charge in [-0.3, -0.25) is 0 Å². The number of fused-ring (bicyclic) bond motifs is 6. The van der Waals surface area contributed by atoms with E-state index in [-0.39, 0.29) is 0 Å². The summed E-state index contributed by atoms with van der Waals surface area (Å²) in [7, 11) is 9.87. The van der Waals surface area contributed by atoms with Gasteiger partial charge < -0.3 is 5.92 Å². The van der Waals surface area contributed by atoms with Gasteiger partial charge in [-0.2, -0.15) is 19.2 Å². The van der Waals surface area contributed by atoms with Crippen LogP contribution in [0.5, 0.6) is 0 Å². The van der Waals surface area contributed by atoms with Gasteiger partial charge in [-0.25, -0.2) is 0 Å². The van der Waals surface area contributed by atoms with Crippen LogP contribution in [0.1, 0.15) is 67.2 Å². The van der Waals surface area contributed by atoms with Gasteiger partial charge in [0.2, 0.25) is 0 Å². The normalized spacial score (nSPS) is 33.3. The Morgan fingerprint density at radius 2 is 1.61 bits per heavy atom. The molecule has 0 amide bonds. The molecular weight excluding hydrogens is 521 g/mol. The van der Waals surface area contributed by atoms with Crippen molar-refractivity contribution in [1.29, 1.82) is 0 Å². The summed E-state index contributed by atoms with van der Waals surface area (Å²) < 4.78 is 0. The molecule has 0 nitrogen and oxygen atoms in total. The molecule has 2 aromatic carbocycles. The number of hydrogen-bond donors (Lipinski definition) is 0. The summed E-state index contributed by atoms with van der Waals surface area (Å²) in [5.41, 5.74) is 6.36. The molecule has 2 fully saturated rings. The van der Waals surface area contributed by atoms with Crippen LogP contribution >= 0.6 is 17.0 Å². The molecule has 0 bridgehead atoms. The molecule has 0 saturated heterocycles. The van der Waals surface area contributed by atoms with Gasteiger partial charge in [-0.15, -0.1) is 0 Å². The number of halogens is 2. The van der Waals surface area contributed by atoms with Crippen LogP contribution in [0.15, 0.2) is 60.7 Å². The Balaban J connectivity index is 0.000000724. The quantitative estimate of drug-likeness (QED) is 0.257. The van der Waals surface area contributed by atoms with Gasteiger partial charge in [0.25, 0.3) is 0 Å². The van der Waals surface area contributed by atoms with Crippen LogP contribution in [0, 0.1) is 17.3 Å². The van der Waals surface area contributed by atoms with E-state index in [1.807, 2.05) is 0 Å². The minimum absolute atomic E-state index is 0.294. The van der Waals surface area contributed by atoms with E-state index in [9.17, 15) is 0 Å². The van der Waals surface area contributed by atoms with Crippen LogP contribution in [0.3, 0.4) is 0 Å². The maximum absolute atomic E-state index is 4.93. The van der Waals surface area contributed by atoms with Gasteiger partial charge in [0.05, 0.1) is 0 Å². The third-order valence-electron chi connectivity index (χ3n) is 9.39. The van der Waals surface area contributed by atoms with Crippen molar-refractivity contribution in [2.75, 3.05) is 0 Å². The van der Waals surface area contributed by atoms with Crippen molar-refractivity contribution in [3.05, 3.63) is 88.9 Å². The van der Waals surface area contributed by atoms with E-state index in [0.29, 0.717) is 29.0 Å². The Labute approximate surface area is 219 Å². The van der Waals surface area contributed by atoms with Crippen molar-refractivity contribution in [2.45, 2.75) is 63.4 Å². The molecular formula is C29H32BCl2Zr-. The summed E-state index contributed by atoms with van der Waals surface area (Å²) >= 11 is -0.826. The van der Waals surface area contributed by atoms with Gasteiger partial charge in [0, 0.05) is 0 Å². The van der Waals surface area contributed by atoms with Gasteiger partial charge in [-0.1, -0.05) is 98.8 Å². The van der Waals surface area contributed by atoms with E-state index in [0.717, 1.165) is 12.5 Å². The molecule has 0 radical (unpaired) electrons. The molecule has 170 valence electrons. The molecule has 4 heteroatoms. The van der Waals surface area contributed by atoms with Crippen molar-refractivity contribution < 1.29 is 20.8 Å². The van der Waals surface area contributed by atoms with Gasteiger partial charge in [0.1, 0.15) is 6.71 Å². The van der Waals surface area contributed by atoms with Crippen LogP contribution in [0.2, 0.25) is 18.5 Å². The van der Waals surface area contributed by atoms with Gasteiger partial charge in [-0.05, 0) is 51.8 Å². The first-order valence-corrected chi connectivity index (χ1v) is 18.7. The predicted octanol–water partition coefficient (Wildman–Crippen LogP) is 9.26. The summed E-state index contributed by atoms with van der Waals surface area (Å²) in [5, 5.41) is 0. The van der Waals surface area contributed by atoms with Crippen LogP contribution < -0.4 is 0 Å². The minimum atomic E-state index is -0.826. The molecule has 33 heavy (non-hydrogen) atoms. The summed E-state index contributed by atoms with van der Waals surface area (Å²) in [6.45, 7) is 8.32. The van der Waals surface area contributed by atoms with Gasteiger partial charge in [0.15, 0.2) is 0 Å². The molecule has 6 unspecified atom stereocenters. The first kappa shape index (κ1) is 24.2. The van der Waals surface area contributed by atoms with Crippen LogP contribution in [0.4, 0.5) is 0 Å². The van der Waals surface area contributed by atoms with Crippen molar-refractivity contribution in [2.24, 2.45) is 11.3 Å². The monoisotopic (exact) mass is 551 g/mol. The molecule has 2 aromatic rings. The second-order valence-corrected chi connectivity index (χ2v) is 14.5. The average molecular weight is 554 g/mol. The summed E-state index contributed by atoms with van der Waals surface area (Å²) in [6.07, 6.45) is 13.9. The molecule has 0 spiro atoms. The van der Waals surface area contributed by atoms with Crippen molar-refractivity contribution in [1.82, 2.24) is 0 Å². The fourth-order valence-corrected chi connectivity index (χ4v) is 8.07. The first-order valence-electron chi connectivity index (χ1n) is 12.3. The SMILES string of the molecule is CB(C1[C-](C)CC2c3ccccc3C=CC21)C1CCC2c3ccccc3C=CC12C.[Cl][Zr][Cl]. The van der Waals surface area contributed by atoms with Crippen LogP contribution in [-0.2, 0) is 20.8 Å². The standard InChI is InChI=1S/C29H32B.2ClH.Zr/c1-19-18-25-22-10-6-4-8-20(22)12-13-24(25)28(19)30(3)27-15-14-26-23-11-7-5-9-21(23)16-17-29(26,27)2;;;/h4-13,16-17,24-28H,14-15,18H2,1-3H3;2*1H;/q-1;;;+2/p-2. The van der Waals surface area contributed by atoms with E-state index >= 15 is 0 Å². The molecule has 0 N–H and O–H groups in total. The van der Waals surface area contributed by atoms with Crippen molar-refractivity contribution in [3.8, 4) is 0 Å². The zero-order valence-electron chi connectivity index (χ0n) is 19.8. The Morgan fingerprint density at radius 1 is 0.970 bits per heavy atom. The zero-order chi connectivity index (χ0) is 23.2. The summed E-state index contributed by atoms with van der Waals surface area (Å²) in [6, 6.07) is 18.2. The third kappa shape index (κ3) is 4.11. The van der Waals surface area contributed by atoms with Crippen LogP contribution in [-0.4, -0.2) is 6.71 Å². The maximum atomic E-state index is 4.93. The fourth-order valence-electron chi connectivity index (χ4n) is 8.07. The second-order valence-electron chi connectivity index (χ2n) is 10.7. The number of rotatable bonds is 2. The molecule has 6 rings (SSSR count). The Kier molecular flexibility index (Phi) is 7.20. The average Bonchev–Trinajstić information content (AvgIpc) is 3.36. The fraction of sp³-hybridized carbons (Fsp3) is 0.414. The molecule has 6 atom stereocenters. The van der Waals surface area contributed by atoms with E-state index in [4.69, 9.17) is 17.0 Å².